The van der Waals surface area contributed by atoms with Crippen LogP contribution in [0.15, 0.2) is 15.0 Å². The molecule has 0 radical (unpaired) electrons. The summed E-state index contributed by atoms with van der Waals surface area (Å²) in [7, 11) is 0. The van der Waals surface area contributed by atoms with Gasteiger partial charge in [0.15, 0.2) is 0 Å². The smallest absolute Gasteiger partial charge is 0.236 e. The Morgan fingerprint density at radius 1 is 0.800 bits per heavy atom. The minimum atomic E-state index is -1.40. The first-order chi connectivity index (χ1) is 9.50. The average Bonchev–Trinajstić information content (AvgIpc) is 3.10. The normalized spacial score (nSPS) is 33.0. The lowest BCUT2D eigenvalue weighted by atomic mass is 9.98. The molecule has 3 rings (SSSR count). The van der Waals surface area contributed by atoms with Crippen molar-refractivity contribution >= 4 is 17.5 Å². The molecule has 7 nitrogen and oxygen atoms in total. The molecule has 0 saturated carbocycles. The van der Waals surface area contributed by atoms with Gasteiger partial charge in [0.05, 0.1) is 19.6 Å². The first-order valence-electron chi connectivity index (χ1n) is 7.17. The van der Waals surface area contributed by atoms with E-state index in [0.29, 0.717) is 37.1 Å². The molecular weight excluding hydrogens is 256 g/mol. The van der Waals surface area contributed by atoms with E-state index in [1.807, 2.05) is 20.8 Å². The van der Waals surface area contributed by atoms with Crippen molar-refractivity contribution in [1.82, 2.24) is 16.0 Å². The summed E-state index contributed by atoms with van der Waals surface area (Å²) in [5.41, 5.74) is -1.40. The summed E-state index contributed by atoms with van der Waals surface area (Å²) < 4.78 is 0. The maximum Gasteiger partial charge on any atom is 0.236 e. The van der Waals surface area contributed by atoms with Crippen LogP contribution in [0.25, 0.3) is 0 Å². The van der Waals surface area contributed by atoms with Crippen LogP contribution in [0, 0.1) is 0 Å². The molecule has 20 heavy (non-hydrogen) atoms. The molecule has 0 fully saturated rings. The minimum absolute atomic E-state index is 0.218. The number of hydrogen-bond donors (Lipinski definition) is 4. The topological polar surface area (TPSA) is 93.4 Å². The summed E-state index contributed by atoms with van der Waals surface area (Å²) in [4.78, 5) is 13.3. The van der Waals surface area contributed by atoms with Crippen LogP contribution >= 0.6 is 0 Å². The third-order valence-corrected chi connectivity index (χ3v) is 3.75. The van der Waals surface area contributed by atoms with Gasteiger partial charge in [0.25, 0.3) is 0 Å². The second-order valence-corrected chi connectivity index (χ2v) is 5.91. The quantitative estimate of drug-likeness (QED) is 0.526. The maximum atomic E-state index is 11.3. The van der Waals surface area contributed by atoms with Crippen molar-refractivity contribution in [1.29, 1.82) is 0 Å². The van der Waals surface area contributed by atoms with E-state index in [1.165, 1.54) is 0 Å². The van der Waals surface area contributed by atoms with Crippen LogP contribution < -0.4 is 16.0 Å². The second kappa shape index (κ2) is 4.73. The van der Waals surface area contributed by atoms with Crippen molar-refractivity contribution < 1.29 is 5.11 Å². The SMILES string of the molecule is C[C@@H]1CN=C(C(O)(C2=NC[C@H](C)N2)C2=NC[C@H](C)N2)N1. The van der Waals surface area contributed by atoms with Crippen LogP contribution in [0.4, 0.5) is 0 Å². The molecule has 3 heterocycles. The van der Waals surface area contributed by atoms with E-state index in [2.05, 4.69) is 30.9 Å². The van der Waals surface area contributed by atoms with E-state index in [-0.39, 0.29) is 18.1 Å². The van der Waals surface area contributed by atoms with Gasteiger partial charge in [0.2, 0.25) is 5.60 Å². The van der Waals surface area contributed by atoms with Crippen LogP contribution in [0.5, 0.6) is 0 Å². The Hall–Kier alpha value is -1.63. The number of nitrogens with one attached hydrogen (secondary N) is 3. The fourth-order valence-corrected chi connectivity index (χ4v) is 2.65. The highest BCUT2D eigenvalue weighted by Crippen LogP contribution is 2.19. The Morgan fingerprint density at radius 2 is 1.10 bits per heavy atom. The number of hydrogen-bond acceptors (Lipinski definition) is 7. The molecule has 0 unspecified atom stereocenters. The molecule has 0 saturated heterocycles. The minimum Gasteiger partial charge on any atom is -0.369 e. The second-order valence-electron chi connectivity index (χ2n) is 5.91. The highest BCUT2D eigenvalue weighted by molar-refractivity contribution is 6.31. The van der Waals surface area contributed by atoms with Gasteiger partial charge >= 0.3 is 0 Å². The highest BCUT2D eigenvalue weighted by atomic mass is 16.3. The zero-order valence-corrected chi connectivity index (χ0v) is 12.1. The standard InChI is InChI=1S/C13H22N6O/c1-7-4-14-10(17-7)13(20,11-15-5-8(2)18-11)12-16-6-9(3)19-12/h7-9,20H,4-6H2,1-3H3,(H,14,17)(H,15,18)(H,16,19)/t7-,8-,9+/m0/s1. The summed E-state index contributed by atoms with van der Waals surface area (Å²) in [5.74, 6) is 1.60. The van der Waals surface area contributed by atoms with Gasteiger partial charge in [0, 0.05) is 18.1 Å². The van der Waals surface area contributed by atoms with Gasteiger partial charge in [-0.15, -0.1) is 0 Å². The number of rotatable bonds is 3. The Kier molecular flexibility index (Phi) is 3.16. The molecule has 0 aliphatic carbocycles. The van der Waals surface area contributed by atoms with Crippen LogP contribution in [-0.2, 0) is 0 Å². The van der Waals surface area contributed by atoms with Crippen molar-refractivity contribution in [2.75, 3.05) is 19.6 Å². The van der Waals surface area contributed by atoms with Crippen molar-refractivity contribution in [2.24, 2.45) is 15.0 Å². The maximum absolute atomic E-state index is 11.3. The first kappa shape index (κ1) is 13.4. The number of aliphatic imine (C=N–C) groups is 3. The van der Waals surface area contributed by atoms with Gasteiger partial charge in [0.1, 0.15) is 17.5 Å². The molecule has 3 aliphatic heterocycles. The van der Waals surface area contributed by atoms with E-state index in [0.717, 1.165) is 0 Å². The van der Waals surface area contributed by atoms with E-state index >= 15 is 0 Å². The molecule has 0 aromatic rings. The summed E-state index contributed by atoms with van der Waals surface area (Å²) in [6, 6.07) is 0.654. The molecule has 3 aliphatic rings. The fraction of sp³-hybridized carbons (Fsp3) is 0.769. The van der Waals surface area contributed by atoms with E-state index in [4.69, 9.17) is 0 Å². The lowest BCUT2D eigenvalue weighted by molar-refractivity contribution is 0.240. The largest absolute Gasteiger partial charge is 0.369 e. The summed E-state index contributed by atoms with van der Waals surface area (Å²) in [6.45, 7) is 8.08. The first-order valence-corrected chi connectivity index (χ1v) is 7.17. The molecule has 0 bridgehead atoms. The molecular formula is C13H22N6O. The molecule has 4 N–H and O–H groups in total. The molecule has 0 spiro atoms. The number of aliphatic hydroxyl groups is 1. The Labute approximate surface area is 118 Å². The van der Waals surface area contributed by atoms with Crippen molar-refractivity contribution in [3.05, 3.63) is 0 Å². The van der Waals surface area contributed by atoms with Gasteiger partial charge in [-0.2, -0.15) is 0 Å². The zero-order chi connectivity index (χ0) is 14.3. The predicted octanol–water partition coefficient (Wildman–Crippen LogP) is -1.11. The van der Waals surface area contributed by atoms with Crippen LogP contribution in [0.2, 0.25) is 0 Å². The molecule has 7 heteroatoms. The zero-order valence-electron chi connectivity index (χ0n) is 12.1. The molecule has 0 aromatic heterocycles. The predicted molar refractivity (Wildman–Crippen MR) is 79.6 cm³/mol. The van der Waals surface area contributed by atoms with Gasteiger partial charge in [-0.3, -0.25) is 15.0 Å². The highest BCUT2D eigenvalue weighted by Gasteiger charge is 2.49. The Bertz CT molecular complexity index is 428. The van der Waals surface area contributed by atoms with E-state index in [9.17, 15) is 5.11 Å². The lowest BCUT2D eigenvalue weighted by Crippen LogP contribution is -2.64. The van der Waals surface area contributed by atoms with Gasteiger partial charge in [-0.05, 0) is 20.8 Å². The van der Waals surface area contributed by atoms with Gasteiger partial charge < -0.3 is 21.1 Å². The molecule has 3 atom stereocenters. The lowest BCUT2D eigenvalue weighted by Gasteiger charge is -2.30. The summed E-state index contributed by atoms with van der Waals surface area (Å²) in [5, 5.41) is 21.0. The summed E-state index contributed by atoms with van der Waals surface area (Å²) >= 11 is 0. The van der Waals surface area contributed by atoms with Crippen molar-refractivity contribution in [3.8, 4) is 0 Å². The van der Waals surface area contributed by atoms with Crippen LogP contribution in [-0.4, -0.2) is 66.0 Å². The third kappa shape index (κ3) is 2.06. The Balaban J connectivity index is 1.95. The average molecular weight is 278 g/mol. The monoisotopic (exact) mass is 278 g/mol. The molecule has 0 aromatic carbocycles. The van der Waals surface area contributed by atoms with Crippen LogP contribution in [0.1, 0.15) is 20.8 Å². The van der Waals surface area contributed by atoms with E-state index < -0.39 is 5.60 Å². The van der Waals surface area contributed by atoms with Crippen LogP contribution in [0.3, 0.4) is 0 Å². The number of amidine groups is 3. The Morgan fingerprint density at radius 3 is 1.30 bits per heavy atom. The molecule has 110 valence electrons. The van der Waals surface area contributed by atoms with Crippen molar-refractivity contribution in [2.45, 2.75) is 44.5 Å². The third-order valence-electron chi connectivity index (χ3n) is 3.75. The summed E-state index contributed by atoms with van der Waals surface area (Å²) in [6.07, 6.45) is 0. The fourth-order valence-electron chi connectivity index (χ4n) is 2.65. The van der Waals surface area contributed by atoms with E-state index in [1.54, 1.807) is 0 Å². The van der Waals surface area contributed by atoms with Gasteiger partial charge in [-0.25, -0.2) is 0 Å². The van der Waals surface area contributed by atoms with Gasteiger partial charge in [-0.1, -0.05) is 0 Å². The van der Waals surface area contributed by atoms with Crippen molar-refractivity contribution in [3.63, 3.8) is 0 Å². The molecule has 0 amide bonds. The number of nitrogens with zero attached hydrogens (tertiary/aromatic N) is 3.